The molecule has 0 radical (unpaired) electrons. The van der Waals surface area contributed by atoms with E-state index in [0.29, 0.717) is 16.6 Å². The first-order chi connectivity index (χ1) is 7.85. The minimum Gasteiger partial charge on any atom is -0.351 e. The molecule has 0 unspecified atom stereocenters. The topological polar surface area (TPSA) is 29.1 Å². The number of amides is 1. The number of hydrogen-bond acceptors (Lipinski definition) is 2. The molecule has 0 fully saturated rings. The van der Waals surface area contributed by atoms with Crippen LogP contribution in [-0.4, -0.2) is 23.5 Å². The summed E-state index contributed by atoms with van der Waals surface area (Å²) in [7, 11) is 0. The summed E-state index contributed by atoms with van der Waals surface area (Å²) < 4.78 is 13.6. The van der Waals surface area contributed by atoms with E-state index in [1.807, 2.05) is 20.1 Å². The quantitative estimate of drug-likeness (QED) is 0.920. The molecule has 0 spiro atoms. The van der Waals surface area contributed by atoms with Crippen LogP contribution in [0.4, 0.5) is 4.39 Å². The lowest BCUT2D eigenvalue weighted by molar-refractivity contribution is 0.0949. The fourth-order valence-corrected chi connectivity index (χ4v) is 1.78. The fourth-order valence-electron chi connectivity index (χ4n) is 1.13. The SMILES string of the molecule is CSC(C)(C)CNC(=O)c1cc(F)ccc1Br. The Hall–Kier alpha value is -0.550. The molecule has 1 aromatic rings. The predicted molar refractivity (Wildman–Crippen MR) is 74.0 cm³/mol. The highest BCUT2D eigenvalue weighted by Crippen LogP contribution is 2.21. The van der Waals surface area contributed by atoms with Gasteiger partial charge in [-0.25, -0.2) is 4.39 Å². The summed E-state index contributed by atoms with van der Waals surface area (Å²) in [6, 6.07) is 4.07. The number of nitrogens with one attached hydrogen (secondary N) is 1. The van der Waals surface area contributed by atoms with Crippen molar-refractivity contribution >= 4 is 33.6 Å². The van der Waals surface area contributed by atoms with Crippen LogP contribution in [0.15, 0.2) is 22.7 Å². The van der Waals surface area contributed by atoms with Crippen molar-refractivity contribution in [3.63, 3.8) is 0 Å². The van der Waals surface area contributed by atoms with Gasteiger partial charge in [0.05, 0.1) is 5.56 Å². The van der Waals surface area contributed by atoms with Crippen LogP contribution in [0, 0.1) is 5.82 Å². The predicted octanol–water partition coefficient (Wildman–Crippen LogP) is 3.46. The van der Waals surface area contributed by atoms with Crippen LogP contribution in [0.1, 0.15) is 24.2 Å². The van der Waals surface area contributed by atoms with Crippen LogP contribution in [0.2, 0.25) is 0 Å². The molecule has 0 bridgehead atoms. The zero-order valence-corrected chi connectivity index (χ0v) is 12.4. The lowest BCUT2D eigenvalue weighted by Crippen LogP contribution is -2.36. The van der Waals surface area contributed by atoms with Crippen molar-refractivity contribution in [2.75, 3.05) is 12.8 Å². The zero-order chi connectivity index (χ0) is 13.1. The zero-order valence-electron chi connectivity index (χ0n) is 10.0. The molecule has 0 saturated carbocycles. The normalized spacial score (nSPS) is 11.4. The van der Waals surface area contributed by atoms with Gasteiger partial charge in [0.2, 0.25) is 0 Å². The lowest BCUT2D eigenvalue weighted by atomic mass is 10.1. The van der Waals surface area contributed by atoms with Crippen LogP contribution in [0.25, 0.3) is 0 Å². The van der Waals surface area contributed by atoms with Crippen molar-refractivity contribution < 1.29 is 9.18 Å². The molecule has 0 atom stereocenters. The molecule has 1 rings (SSSR count). The Morgan fingerprint density at radius 3 is 2.76 bits per heavy atom. The number of benzene rings is 1. The molecular weight excluding hydrogens is 305 g/mol. The van der Waals surface area contributed by atoms with Crippen LogP contribution in [0.3, 0.4) is 0 Å². The monoisotopic (exact) mass is 319 g/mol. The van der Waals surface area contributed by atoms with Crippen LogP contribution >= 0.6 is 27.7 Å². The van der Waals surface area contributed by atoms with E-state index in [0.717, 1.165) is 0 Å². The van der Waals surface area contributed by atoms with Gasteiger partial charge in [0.1, 0.15) is 5.82 Å². The second-order valence-electron chi connectivity index (χ2n) is 4.27. The lowest BCUT2D eigenvalue weighted by Gasteiger charge is -2.22. The molecule has 0 aromatic heterocycles. The molecule has 17 heavy (non-hydrogen) atoms. The van der Waals surface area contributed by atoms with E-state index < -0.39 is 5.82 Å². The van der Waals surface area contributed by atoms with Crippen LogP contribution in [0.5, 0.6) is 0 Å². The fraction of sp³-hybridized carbons (Fsp3) is 0.417. The first-order valence-electron chi connectivity index (χ1n) is 5.14. The van der Waals surface area contributed by atoms with Crippen molar-refractivity contribution in [3.05, 3.63) is 34.1 Å². The highest BCUT2D eigenvalue weighted by atomic mass is 79.9. The van der Waals surface area contributed by atoms with E-state index in [1.165, 1.54) is 18.2 Å². The second kappa shape index (κ2) is 5.87. The summed E-state index contributed by atoms with van der Waals surface area (Å²) in [4.78, 5) is 11.9. The molecule has 0 aliphatic rings. The van der Waals surface area contributed by atoms with E-state index in [2.05, 4.69) is 21.2 Å². The summed E-state index contributed by atoms with van der Waals surface area (Å²) in [5, 5.41) is 2.80. The molecule has 1 aromatic carbocycles. The maximum absolute atomic E-state index is 13.0. The highest BCUT2D eigenvalue weighted by molar-refractivity contribution is 9.10. The van der Waals surface area contributed by atoms with E-state index in [9.17, 15) is 9.18 Å². The van der Waals surface area contributed by atoms with Crippen molar-refractivity contribution in [1.82, 2.24) is 5.32 Å². The Morgan fingerprint density at radius 1 is 1.53 bits per heavy atom. The Kier molecular flexibility index (Phi) is 5.01. The average molecular weight is 320 g/mol. The maximum Gasteiger partial charge on any atom is 0.252 e. The van der Waals surface area contributed by atoms with Crippen molar-refractivity contribution in [2.24, 2.45) is 0 Å². The van der Waals surface area contributed by atoms with Crippen molar-refractivity contribution in [3.8, 4) is 0 Å². The van der Waals surface area contributed by atoms with Gasteiger partial charge in [-0.05, 0) is 54.2 Å². The van der Waals surface area contributed by atoms with Gasteiger partial charge in [-0.3, -0.25) is 4.79 Å². The molecular formula is C12H15BrFNOS. The average Bonchev–Trinajstić information content (AvgIpc) is 2.29. The number of carbonyl (C=O) groups is 1. The molecule has 0 aliphatic heterocycles. The Labute approximate surface area is 113 Å². The number of carbonyl (C=O) groups excluding carboxylic acids is 1. The van der Waals surface area contributed by atoms with E-state index >= 15 is 0 Å². The molecule has 1 amide bonds. The molecule has 0 heterocycles. The number of halogens is 2. The van der Waals surface area contributed by atoms with E-state index in [4.69, 9.17) is 0 Å². The van der Waals surface area contributed by atoms with Gasteiger partial charge < -0.3 is 5.32 Å². The number of hydrogen-bond donors (Lipinski definition) is 1. The summed E-state index contributed by atoms with van der Waals surface area (Å²) in [6.07, 6.45) is 1.99. The molecule has 0 aliphatic carbocycles. The van der Waals surface area contributed by atoms with E-state index in [-0.39, 0.29) is 10.7 Å². The van der Waals surface area contributed by atoms with Gasteiger partial charge in [-0.2, -0.15) is 11.8 Å². The van der Waals surface area contributed by atoms with Gasteiger partial charge in [0.25, 0.3) is 5.91 Å². The molecule has 2 nitrogen and oxygen atoms in total. The summed E-state index contributed by atoms with van der Waals surface area (Å²) in [5.41, 5.74) is 0.321. The Bertz CT molecular complexity index is 423. The van der Waals surface area contributed by atoms with Crippen LogP contribution < -0.4 is 5.32 Å². The summed E-state index contributed by atoms with van der Waals surface area (Å²) >= 11 is 4.91. The number of thioether (sulfide) groups is 1. The number of rotatable bonds is 4. The summed E-state index contributed by atoms with van der Waals surface area (Å²) in [6.45, 7) is 4.62. The van der Waals surface area contributed by atoms with Gasteiger partial charge in [-0.1, -0.05) is 0 Å². The third-order valence-electron chi connectivity index (χ3n) is 2.40. The standard InChI is InChI=1S/C12H15BrFNOS/c1-12(2,17-3)7-15-11(16)9-6-8(14)4-5-10(9)13/h4-6H,7H2,1-3H3,(H,15,16). The Balaban J connectivity index is 2.74. The minimum absolute atomic E-state index is 0.0323. The van der Waals surface area contributed by atoms with Gasteiger partial charge >= 0.3 is 0 Å². The van der Waals surface area contributed by atoms with E-state index in [1.54, 1.807) is 11.8 Å². The van der Waals surface area contributed by atoms with Gasteiger partial charge in [0, 0.05) is 15.8 Å². The maximum atomic E-state index is 13.0. The molecule has 1 N–H and O–H groups in total. The van der Waals surface area contributed by atoms with Crippen molar-refractivity contribution in [2.45, 2.75) is 18.6 Å². The first-order valence-corrected chi connectivity index (χ1v) is 7.16. The largest absolute Gasteiger partial charge is 0.351 e. The third kappa shape index (κ3) is 4.32. The molecule has 5 heteroatoms. The van der Waals surface area contributed by atoms with Gasteiger partial charge in [0.15, 0.2) is 0 Å². The van der Waals surface area contributed by atoms with Gasteiger partial charge in [-0.15, -0.1) is 0 Å². The Morgan fingerprint density at radius 2 is 2.18 bits per heavy atom. The minimum atomic E-state index is -0.414. The summed E-state index contributed by atoms with van der Waals surface area (Å²) in [5.74, 6) is -0.680. The van der Waals surface area contributed by atoms with Crippen molar-refractivity contribution in [1.29, 1.82) is 0 Å². The molecule has 0 saturated heterocycles. The third-order valence-corrected chi connectivity index (χ3v) is 4.34. The van der Waals surface area contributed by atoms with Crippen LogP contribution in [-0.2, 0) is 0 Å². The highest BCUT2D eigenvalue weighted by Gasteiger charge is 2.18. The molecule has 94 valence electrons. The smallest absolute Gasteiger partial charge is 0.252 e. The first kappa shape index (κ1) is 14.5. The second-order valence-corrected chi connectivity index (χ2v) is 6.64.